The van der Waals surface area contributed by atoms with Gasteiger partial charge in [0.05, 0.1) is 30.2 Å². The number of aromatic hydroxyl groups is 1. The number of ether oxygens (including phenoxy) is 1. The lowest BCUT2D eigenvalue weighted by Gasteiger charge is -2.06. The van der Waals surface area contributed by atoms with Gasteiger partial charge in [0.25, 0.3) is 0 Å². The standard InChI is InChI=1S/C25H17FN6O2/c1-34-17-8-13(6-15(26)9-17)18-4-5-28-25-19(18)10-22(30-25)24-23-21(31-32-24)3-2-20(29-23)14-7-16(33)12-27-11-14/h2-12,33H,1H3,(H,28,30)(H,31,32). The molecule has 0 fully saturated rings. The molecule has 9 heteroatoms. The summed E-state index contributed by atoms with van der Waals surface area (Å²) in [6.07, 6.45) is 4.68. The maximum Gasteiger partial charge on any atom is 0.138 e. The van der Waals surface area contributed by atoms with E-state index in [1.165, 1.54) is 25.4 Å². The molecule has 34 heavy (non-hydrogen) atoms. The van der Waals surface area contributed by atoms with Gasteiger partial charge < -0.3 is 14.8 Å². The Morgan fingerprint density at radius 1 is 1.00 bits per heavy atom. The van der Waals surface area contributed by atoms with Crippen LogP contribution in [0.25, 0.3) is 55.8 Å². The Morgan fingerprint density at radius 3 is 2.76 bits per heavy atom. The van der Waals surface area contributed by atoms with Crippen LogP contribution < -0.4 is 4.74 Å². The van der Waals surface area contributed by atoms with Crippen molar-refractivity contribution in [3.05, 3.63) is 72.9 Å². The molecule has 0 bridgehead atoms. The Kier molecular flexibility index (Phi) is 4.48. The summed E-state index contributed by atoms with van der Waals surface area (Å²) in [5.41, 5.74) is 6.21. The van der Waals surface area contributed by atoms with Crippen molar-refractivity contribution in [2.45, 2.75) is 0 Å². The van der Waals surface area contributed by atoms with Crippen LogP contribution in [-0.2, 0) is 0 Å². The highest BCUT2D eigenvalue weighted by molar-refractivity contribution is 5.99. The van der Waals surface area contributed by atoms with E-state index in [0.29, 0.717) is 45.1 Å². The lowest BCUT2D eigenvalue weighted by molar-refractivity contribution is 0.411. The molecule has 0 unspecified atom stereocenters. The first-order chi connectivity index (χ1) is 16.6. The van der Waals surface area contributed by atoms with Crippen LogP contribution in [0.5, 0.6) is 11.5 Å². The van der Waals surface area contributed by atoms with Crippen LogP contribution >= 0.6 is 0 Å². The van der Waals surface area contributed by atoms with Crippen molar-refractivity contribution in [2.24, 2.45) is 0 Å². The molecule has 0 aliphatic rings. The highest BCUT2D eigenvalue weighted by atomic mass is 19.1. The second kappa shape index (κ2) is 7.66. The van der Waals surface area contributed by atoms with Crippen LogP contribution in [0.3, 0.4) is 0 Å². The minimum Gasteiger partial charge on any atom is -0.506 e. The van der Waals surface area contributed by atoms with Gasteiger partial charge in [-0.3, -0.25) is 10.1 Å². The molecule has 0 aliphatic heterocycles. The quantitative estimate of drug-likeness (QED) is 0.344. The molecule has 0 amide bonds. The normalized spacial score (nSPS) is 11.4. The number of rotatable bonds is 4. The van der Waals surface area contributed by atoms with E-state index in [1.807, 2.05) is 24.3 Å². The number of aromatic amines is 2. The van der Waals surface area contributed by atoms with Crippen molar-refractivity contribution >= 4 is 22.1 Å². The van der Waals surface area contributed by atoms with Crippen LogP contribution in [0.1, 0.15) is 0 Å². The molecule has 0 radical (unpaired) electrons. The van der Waals surface area contributed by atoms with E-state index in [9.17, 15) is 9.50 Å². The Bertz CT molecular complexity index is 1690. The Balaban J connectivity index is 1.50. The molecule has 166 valence electrons. The third kappa shape index (κ3) is 3.30. The number of fused-ring (bicyclic) bond motifs is 2. The molecule has 5 aromatic heterocycles. The third-order valence-corrected chi connectivity index (χ3v) is 5.63. The topological polar surface area (TPSA) is 113 Å². The van der Waals surface area contributed by atoms with E-state index >= 15 is 0 Å². The Labute approximate surface area is 192 Å². The summed E-state index contributed by atoms with van der Waals surface area (Å²) in [7, 11) is 1.51. The fraction of sp³-hybridized carbons (Fsp3) is 0.0400. The number of pyridine rings is 3. The zero-order valence-corrected chi connectivity index (χ0v) is 17.9. The zero-order chi connectivity index (χ0) is 23.2. The predicted octanol–water partition coefficient (Wildman–Crippen LogP) is 5.08. The van der Waals surface area contributed by atoms with Crippen molar-refractivity contribution < 1.29 is 14.2 Å². The molecule has 0 saturated carbocycles. The zero-order valence-electron chi connectivity index (χ0n) is 17.9. The number of H-pyrrole nitrogens is 2. The lowest BCUT2D eigenvalue weighted by Crippen LogP contribution is -1.88. The summed E-state index contributed by atoms with van der Waals surface area (Å²) in [5.74, 6) is 0.119. The van der Waals surface area contributed by atoms with Crippen LogP contribution in [-0.4, -0.2) is 42.3 Å². The first kappa shape index (κ1) is 19.9. The van der Waals surface area contributed by atoms with Crippen molar-refractivity contribution in [3.63, 3.8) is 0 Å². The summed E-state index contributed by atoms with van der Waals surface area (Å²) in [5, 5.41) is 18.1. The minimum absolute atomic E-state index is 0.0648. The van der Waals surface area contributed by atoms with Gasteiger partial charge in [-0.2, -0.15) is 5.10 Å². The predicted molar refractivity (Wildman–Crippen MR) is 126 cm³/mol. The van der Waals surface area contributed by atoms with E-state index in [-0.39, 0.29) is 11.6 Å². The fourth-order valence-corrected chi connectivity index (χ4v) is 4.06. The molecule has 6 aromatic rings. The summed E-state index contributed by atoms with van der Waals surface area (Å²) in [6.45, 7) is 0. The van der Waals surface area contributed by atoms with Gasteiger partial charge in [-0.05, 0) is 53.6 Å². The highest BCUT2D eigenvalue weighted by Gasteiger charge is 2.16. The van der Waals surface area contributed by atoms with Gasteiger partial charge in [-0.1, -0.05) is 0 Å². The molecule has 5 heterocycles. The average molecular weight is 452 g/mol. The highest BCUT2D eigenvalue weighted by Crippen LogP contribution is 2.35. The summed E-state index contributed by atoms with van der Waals surface area (Å²) in [4.78, 5) is 16.5. The molecule has 0 aliphatic carbocycles. The number of hydrogen-bond acceptors (Lipinski definition) is 6. The number of nitrogens with zero attached hydrogens (tertiary/aromatic N) is 4. The summed E-state index contributed by atoms with van der Waals surface area (Å²) >= 11 is 0. The molecule has 0 atom stereocenters. The van der Waals surface area contributed by atoms with Gasteiger partial charge >= 0.3 is 0 Å². The lowest BCUT2D eigenvalue weighted by atomic mass is 10.0. The number of benzene rings is 1. The van der Waals surface area contributed by atoms with Crippen molar-refractivity contribution in [1.82, 2.24) is 30.1 Å². The largest absolute Gasteiger partial charge is 0.506 e. The van der Waals surface area contributed by atoms with Crippen molar-refractivity contribution in [1.29, 1.82) is 0 Å². The van der Waals surface area contributed by atoms with E-state index in [0.717, 1.165) is 16.5 Å². The first-order valence-corrected chi connectivity index (χ1v) is 10.4. The molecular formula is C25H17FN6O2. The van der Waals surface area contributed by atoms with Crippen LogP contribution in [0.2, 0.25) is 0 Å². The molecular weight excluding hydrogens is 435 g/mol. The third-order valence-electron chi connectivity index (χ3n) is 5.63. The minimum atomic E-state index is -0.383. The summed E-state index contributed by atoms with van der Waals surface area (Å²) < 4.78 is 19.4. The fourth-order valence-electron chi connectivity index (χ4n) is 4.06. The van der Waals surface area contributed by atoms with Crippen molar-refractivity contribution in [3.8, 4) is 45.3 Å². The number of hydrogen-bond donors (Lipinski definition) is 3. The molecule has 8 nitrogen and oxygen atoms in total. The van der Waals surface area contributed by atoms with Gasteiger partial charge in [-0.15, -0.1) is 0 Å². The second-order valence-electron chi connectivity index (χ2n) is 7.78. The van der Waals surface area contributed by atoms with E-state index < -0.39 is 0 Å². The van der Waals surface area contributed by atoms with Gasteiger partial charge in [0.15, 0.2) is 0 Å². The average Bonchev–Trinajstić information content (AvgIpc) is 3.47. The first-order valence-electron chi connectivity index (χ1n) is 10.4. The smallest absolute Gasteiger partial charge is 0.138 e. The Morgan fingerprint density at radius 2 is 1.91 bits per heavy atom. The molecule has 0 spiro atoms. The SMILES string of the molecule is COc1cc(F)cc(-c2ccnc3[nH]c(-c4n[nH]c5ccc(-c6cncc(O)c6)nc45)cc23)c1. The number of nitrogens with one attached hydrogen (secondary N) is 2. The number of halogens is 1. The van der Waals surface area contributed by atoms with E-state index in [2.05, 4.69) is 25.1 Å². The maximum absolute atomic E-state index is 14.2. The van der Waals surface area contributed by atoms with Gasteiger partial charge in [0, 0.05) is 29.4 Å². The molecule has 3 N–H and O–H groups in total. The van der Waals surface area contributed by atoms with Crippen LogP contribution in [0, 0.1) is 5.82 Å². The molecule has 6 rings (SSSR count). The van der Waals surface area contributed by atoms with Gasteiger partial charge in [0.2, 0.25) is 0 Å². The van der Waals surface area contributed by atoms with Crippen molar-refractivity contribution in [2.75, 3.05) is 7.11 Å². The van der Waals surface area contributed by atoms with E-state index in [4.69, 9.17) is 9.72 Å². The molecule has 0 saturated heterocycles. The van der Waals surface area contributed by atoms with Crippen LogP contribution in [0.15, 0.2) is 67.1 Å². The monoisotopic (exact) mass is 452 g/mol. The second-order valence-corrected chi connectivity index (χ2v) is 7.78. The van der Waals surface area contributed by atoms with Gasteiger partial charge in [0.1, 0.15) is 34.2 Å². The Hall–Kier alpha value is -4.79. The molecule has 1 aromatic carbocycles. The number of aromatic nitrogens is 6. The van der Waals surface area contributed by atoms with Gasteiger partial charge in [-0.25, -0.2) is 14.4 Å². The van der Waals surface area contributed by atoms with Crippen LogP contribution in [0.4, 0.5) is 4.39 Å². The van der Waals surface area contributed by atoms with E-state index in [1.54, 1.807) is 24.5 Å². The summed E-state index contributed by atoms with van der Waals surface area (Å²) in [6, 6.07) is 13.7. The number of methoxy groups -OCH3 is 1. The maximum atomic E-state index is 14.2.